The van der Waals surface area contributed by atoms with Gasteiger partial charge in [-0.05, 0) is 38.3 Å². The summed E-state index contributed by atoms with van der Waals surface area (Å²) in [4.78, 5) is 38.1. The number of carboxylic acid groups (broad SMARTS) is 1. The van der Waals surface area contributed by atoms with E-state index in [9.17, 15) is 19.5 Å². The van der Waals surface area contributed by atoms with Gasteiger partial charge in [0, 0.05) is 5.69 Å². The fraction of sp³-hybridized carbons (Fsp3) is 0.500. The van der Waals surface area contributed by atoms with Crippen molar-refractivity contribution in [2.45, 2.75) is 45.1 Å². The minimum absolute atomic E-state index is 0.0110. The molecule has 3 N–H and O–H groups in total. The Bertz CT molecular complexity index is 612. The summed E-state index contributed by atoms with van der Waals surface area (Å²) in [5.41, 5.74) is -0.525. The average Bonchev–Trinajstić information content (AvgIpc) is 2.77. The molecular weight excluding hydrogens is 260 g/mol. The SMILES string of the molecule is Cc1cc(C)c(C(=O)NC2(C(=O)O)CCCC2)c(=O)[nH]1. The summed E-state index contributed by atoms with van der Waals surface area (Å²) in [6.45, 7) is 3.39. The van der Waals surface area contributed by atoms with Gasteiger partial charge in [0.2, 0.25) is 0 Å². The van der Waals surface area contributed by atoms with Crippen molar-refractivity contribution in [1.29, 1.82) is 0 Å². The van der Waals surface area contributed by atoms with Gasteiger partial charge in [-0.3, -0.25) is 9.59 Å². The third kappa shape index (κ3) is 2.45. The highest BCUT2D eigenvalue weighted by Gasteiger charge is 2.43. The van der Waals surface area contributed by atoms with Gasteiger partial charge in [0.25, 0.3) is 11.5 Å². The van der Waals surface area contributed by atoms with Crippen LogP contribution in [0.15, 0.2) is 10.9 Å². The zero-order valence-electron chi connectivity index (χ0n) is 11.6. The first-order valence-corrected chi connectivity index (χ1v) is 6.62. The van der Waals surface area contributed by atoms with Crippen LogP contribution in [0.4, 0.5) is 0 Å². The molecule has 1 aliphatic carbocycles. The van der Waals surface area contributed by atoms with Crippen LogP contribution < -0.4 is 10.9 Å². The monoisotopic (exact) mass is 278 g/mol. The Morgan fingerprint density at radius 1 is 1.30 bits per heavy atom. The Hall–Kier alpha value is -2.11. The maximum Gasteiger partial charge on any atom is 0.329 e. The number of rotatable bonds is 3. The molecule has 1 fully saturated rings. The highest BCUT2D eigenvalue weighted by molar-refractivity contribution is 5.98. The quantitative estimate of drug-likeness (QED) is 0.771. The Balaban J connectivity index is 2.33. The normalized spacial score (nSPS) is 16.9. The molecule has 1 amide bonds. The summed E-state index contributed by atoms with van der Waals surface area (Å²) < 4.78 is 0. The molecule has 0 saturated heterocycles. The van der Waals surface area contributed by atoms with Crippen molar-refractivity contribution in [3.05, 3.63) is 33.2 Å². The largest absolute Gasteiger partial charge is 0.480 e. The highest BCUT2D eigenvalue weighted by Crippen LogP contribution is 2.30. The van der Waals surface area contributed by atoms with Crippen LogP contribution in [0.1, 0.15) is 47.3 Å². The lowest BCUT2D eigenvalue weighted by atomic mass is 9.97. The number of pyridine rings is 1. The van der Waals surface area contributed by atoms with Crippen LogP contribution in [-0.4, -0.2) is 27.5 Å². The molecule has 108 valence electrons. The van der Waals surface area contributed by atoms with Crippen LogP contribution in [0, 0.1) is 13.8 Å². The molecule has 0 aliphatic heterocycles. The van der Waals surface area contributed by atoms with Gasteiger partial charge >= 0.3 is 5.97 Å². The van der Waals surface area contributed by atoms with E-state index in [0.717, 1.165) is 12.8 Å². The van der Waals surface area contributed by atoms with Crippen LogP contribution in [-0.2, 0) is 4.79 Å². The number of carbonyl (C=O) groups excluding carboxylic acids is 1. The first kappa shape index (κ1) is 14.3. The number of aromatic amines is 1. The van der Waals surface area contributed by atoms with Crippen LogP contribution in [0.3, 0.4) is 0 Å². The second kappa shape index (κ2) is 5.11. The number of carbonyl (C=O) groups is 2. The van der Waals surface area contributed by atoms with Crippen molar-refractivity contribution in [3.63, 3.8) is 0 Å². The number of aromatic nitrogens is 1. The van der Waals surface area contributed by atoms with Gasteiger partial charge in [-0.2, -0.15) is 0 Å². The highest BCUT2D eigenvalue weighted by atomic mass is 16.4. The van der Waals surface area contributed by atoms with Gasteiger partial charge in [0.1, 0.15) is 11.1 Å². The molecule has 0 spiro atoms. The molecule has 0 bridgehead atoms. The van der Waals surface area contributed by atoms with Crippen molar-refractivity contribution >= 4 is 11.9 Å². The number of carboxylic acids is 1. The molecule has 6 nitrogen and oxygen atoms in total. The van der Waals surface area contributed by atoms with E-state index in [0.29, 0.717) is 24.1 Å². The predicted molar refractivity (Wildman–Crippen MR) is 72.8 cm³/mol. The second-order valence-electron chi connectivity index (χ2n) is 5.39. The summed E-state index contributed by atoms with van der Waals surface area (Å²) in [5.74, 6) is -1.66. The molecule has 1 aromatic rings. The predicted octanol–water partition coefficient (Wildman–Crippen LogP) is 1.12. The van der Waals surface area contributed by atoms with Gasteiger partial charge < -0.3 is 15.4 Å². The summed E-state index contributed by atoms with van der Waals surface area (Å²) in [5, 5.41) is 11.9. The fourth-order valence-electron chi connectivity index (χ4n) is 2.79. The molecule has 0 atom stereocenters. The van der Waals surface area contributed by atoms with Crippen molar-refractivity contribution in [3.8, 4) is 0 Å². The molecule has 1 saturated carbocycles. The van der Waals surface area contributed by atoms with Crippen LogP contribution in [0.5, 0.6) is 0 Å². The number of aryl methyl sites for hydroxylation is 2. The number of hydrogen-bond donors (Lipinski definition) is 3. The van der Waals surface area contributed by atoms with Crippen molar-refractivity contribution < 1.29 is 14.7 Å². The van der Waals surface area contributed by atoms with Crippen LogP contribution in [0.25, 0.3) is 0 Å². The third-order valence-electron chi connectivity index (χ3n) is 3.81. The Labute approximate surface area is 116 Å². The van der Waals surface area contributed by atoms with E-state index >= 15 is 0 Å². The summed E-state index contributed by atoms with van der Waals surface area (Å²) >= 11 is 0. The van der Waals surface area contributed by atoms with Gasteiger partial charge in [0.05, 0.1) is 0 Å². The first-order valence-electron chi connectivity index (χ1n) is 6.62. The number of amides is 1. The summed E-state index contributed by atoms with van der Waals surface area (Å²) in [6, 6.07) is 1.69. The smallest absolute Gasteiger partial charge is 0.329 e. The average molecular weight is 278 g/mol. The van der Waals surface area contributed by atoms with Crippen molar-refractivity contribution in [2.24, 2.45) is 0 Å². The first-order chi connectivity index (χ1) is 9.35. The molecular formula is C14H18N2O4. The number of H-pyrrole nitrogens is 1. The second-order valence-corrected chi connectivity index (χ2v) is 5.39. The van der Waals surface area contributed by atoms with Crippen molar-refractivity contribution in [1.82, 2.24) is 10.3 Å². The van der Waals surface area contributed by atoms with E-state index in [1.165, 1.54) is 0 Å². The minimum Gasteiger partial charge on any atom is -0.480 e. The van der Waals surface area contributed by atoms with Crippen LogP contribution >= 0.6 is 0 Å². The zero-order chi connectivity index (χ0) is 14.9. The topological polar surface area (TPSA) is 99.3 Å². The molecule has 0 aromatic carbocycles. The van der Waals surface area contributed by atoms with E-state index in [4.69, 9.17) is 0 Å². The molecule has 1 heterocycles. The van der Waals surface area contributed by atoms with E-state index < -0.39 is 23.0 Å². The van der Waals surface area contributed by atoms with E-state index in [-0.39, 0.29) is 5.56 Å². The van der Waals surface area contributed by atoms with Gasteiger partial charge in [-0.25, -0.2) is 4.79 Å². The standard InChI is InChI=1S/C14H18N2O4/c1-8-7-9(2)15-11(17)10(8)12(18)16-14(13(19)20)5-3-4-6-14/h7H,3-6H2,1-2H3,(H,15,17)(H,16,18)(H,19,20). The number of aliphatic carboxylic acids is 1. The zero-order valence-corrected chi connectivity index (χ0v) is 11.6. The molecule has 1 aromatic heterocycles. The Morgan fingerprint density at radius 2 is 1.90 bits per heavy atom. The lowest BCUT2D eigenvalue weighted by Gasteiger charge is -2.25. The Morgan fingerprint density at radius 3 is 2.40 bits per heavy atom. The summed E-state index contributed by atoms with van der Waals surface area (Å²) in [6.07, 6.45) is 2.32. The number of hydrogen-bond acceptors (Lipinski definition) is 3. The van der Waals surface area contributed by atoms with Gasteiger partial charge in [-0.15, -0.1) is 0 Å². The lowest BCUT2D eigenvalue weighted by Crippen LogP contribution is -2.53. The Kier molecular flexibility index (Phi) is 3.65. The van der Waals surface area contributed by atoms with E-state index in [1.807, 2.05) is 0 Å². The fourth-order valence-corrected chi connectivity index (χ4v) is 2.79. The van der Waals surface area contributed by atoms with Crippen LogP contribution in [0.2, 0.25) is 0 Å². The molecule has 1 aliphatic rings. The van der Waals surface area contributed by atoms with Gasteiger partial charge in [0.15, 0.2) is 0 Å². The lowest BCUT2D eigenvalue weighted by molar-refractivity contribution is -0.144. The maximum atomic E-state index is 12.3. The number of nitrogens with one attached hydrogen (secondary N) is 2. The molecule has 0 radical (unpaired) electrons. The van der Waals surface area contributed by atoms with E-state index in [1.54, 1.807) is 19.9 Å². The summed E-state index contributed by atoms with van der Waals surface area (Å²) in [7, 11) is 0. The molecule has 0 unspecified atom stereocenters. The van der Waals surface area contributed by atoms with E-state index in [2.05, 4.69) is 10.3 Å². The van der Waals surface area contributed by atoms with Gasteiger partial charge in [-0.1, -0.05) is 12.8 Å². The maximum absolute atomic E-state index is 12.3. The van der Waals surface area contributed by atoms with Crippen molar-refractivity contribution in [2.75, 3.05) is 0 Å². The molecule has 6 heteroatoms. The molecule has 20 heavy (non-hydrogen) atoms. The molecule has 2 rings (SSSR count). The third-order valence-corrected chi connectivity index (χ3v) is 3.81. The minimum atomic E-state index is -1.24.